The standard InChI is InChI=1S/C22H24N2O4/c1-14(2)12-18(25)19-20(15-7-9-17(28-3)10-8-15)24(22(27)21(19)26)13-16-6-4-5-11-23-16/h4-11,14,20,26H,12-13H2,1-3H3. The second-order valence-electron chi connectivity index (χ2n) is 7.21. The fourth-order valence-electron chi connectivity index (χ4n) is 3.38. The zero-order chi connectivity index (χ0) is 20.3. The third kappa shape index (κ3) is 3.91. The number of Topliss-reactive ketones (excluding diaryl/α,β-unsaturated/α-hetero) is 1. The van der Waals surface area contributed by atoms with E-state index in [-0.39, 0.29) is 30.2 Å². The second-order valence-corrected chi connectivity index (χ2v) is 7.21. The van der Waals surface area contributed by atoms with Gasteiger partial charge in [-0.25, -0.2) is 0 Å². The zero-order valence-electron chi connectivity index (χ0n) is 16.3. The predicted octanol–water partition coefficient (Wildman–Crippen LogP) is 3.60. The number of pyridine rings is 1. The first kappa shape index (κ1) is 19.6. The van der Waals surface area contributed by atoms with Crippen molar-refractivity contribution in [2.24, 2.45) is 5.92 Å². The molecule has 1 unspecified atom stereocenters. The second kappa shape index (κ2) is 8.25. The molecule has 1 aliphatic rings. The van der Waals surface area contributed by atoms with E-state index in [0.717, 1.165) is 5.56 Å². The van der Waals surface area contributed by atoms with Crippen LogP contribution in [0.15, 0.2) is 60.0 Å². The summed E-state index contributed by atoms with van der Waals surface area (Å²) in [7, 11) is 1.57. The lowest BCUT2D eigenvalue weighted by atomic mass is 9.92. The molecular weight excluding hydrogens is 356 g/mol. The van der Waals surface area contributed by atoms with Gasteiger partial charge < -0.3 is 14.7 Å². The molecule has 0 saturated heterocycles. The number of aromatic nitrogens is 1. The van der Waals surface area contributed by atoms with E-state index in [4.69, 9.17) is 4.74 Å². The Balaban J connectivity index is 2.03. The van der Waals surface area contributed by atoms with E-state index in [0.29, 0.717) is 11.4 Å². The molecule has 0 spiro atoms. The van der Waals surface area contributed by atoms with Gasteiger partial charge in [0.15, 0.2) is 11.5 Å². The lowest BCUT2D eigenvalue weighted by molar-refractivity contribution is -0.130. The van der Waals surface area contributed by atoms with Gasteiger partial charge in [0, 0.05) is 12.6 Å². The Morgan fingerprint density at radius 2 is 1.93 bits per heavy atom. The molecule has 6 nitrogen and oxygen atoms in total. The maximum absolute atomic E-state index is 12.9. The van der Waals surface area contributed by atoms with Crippen LogP contribution in [-0.4, -0.2) is 33.8 Å². The summed E-state index contributed by atoms with van der Waals surface area (Å²) in [4.78, 5) is 31.5. The Morgan fingerprint density at radius 3 is 2.50 bits per heavy atom. The van der Waals surface area contributed by atoms with Crippen LogP contribution < -0.4 is 4.74 Å². The number of ether oxygens (including phenoxy) is 1. The van der Waals surface area contributed by atoms with Crippen LogP contribution in [0.4, 0.5) is 0 Å². The Labute approximate surface area is 164 Å². The Hall–Kier alpha value is -3.15. The summed E-state index contributed by atoms with van der Waals surface area (Å²) in [5.41, 5.74) is 1.57. The summed E-state index contributed by atoms with van der Waals surface area (Å²) in [6.45, 7) is 4.06. The number of carbonyl (C=O) groups excluding carboxylic acids is 2. The minimum Gasteiger partial charge on any atom is -0.503 e. The molecule has 2 heterocycles. The van der Waals surface area contributed by atoms with E-state index >= 15 is 0 Å². The molecule has 2 aromatic rings. The maximum Gasteiger partial charge on any atom is 0.290 e. The smallest absolute Gasteiger partial charge is 0.290 e. The first-order valence-electron chi connectivity index (χ1n) is 9.23. The molecule has 146 valence electrons. The van der Waals surface area contributed by atoms with Gasteiger partial charge in [0.1, 0.15) is 5.75 Å². The molecule has 28 heavy (non-hydrogen) atoms. The summed E-state index contributed by atoms with van der Waals surface area (Å²) in [6, 6.07) is 12.0. The fourth-order valence-corrected chi connectivity index (χ4v) is 3.38. The summed E-state index contributed by atoms with van der Waals surface area (Å²) >= 11 is 0. The van der Waals surface area contributed by atoms with E-state index in [1.54, 1.807) is 31.5 Å². The zero-order valence-corrected chi connectivity index (χ0v) is 16.3. The van der Waals surface area contributed by atoms with Crippen LogP contribution in [0.1, 0.15) is 37.6 Å². The number of rotatable bonds is 7. The number of aliphatic hydroxyl groups is 1. The van der Waals surface area contributed by atoms with Crippen molar-refractivity contribution in [1.29, 1.82) is 0 Å². The average Bonchev–Trinajstić information content (AvgIpc) is 2.93. The summed E-state index contributed by atoms with van der Waals surface area (Å²) in [5.74, 6) is -0.456. The minimum absolute atomic E-state index is 0.115. The molecule has 0 aliphatic carbocycles. The van der Waals surface area contributed by atoms with Crippen molar-refractivity contribution < 1.29 is 19.4 Å². The maximum atomic E-state index is 12.9. The van der Waals surface area contributed by atoms with Crippen molar-refractivity contribution >= 4 is 11.7 Å². The molecule has 6 heteroatoms. The normalized spacial score (nSPS) is 16.8. The molecule has 1 atom stereocenters. The molecule has 0 saturated carbocycles. The van der Waals surface area contributed by atoms with Crippen LogP contribution in [-0.2, 0) is 16.1 Å². The largest absolute Gasteiger partial charge is 0.503 e. The molecule has 1 aromatic heterocycles. The minimum atomic E-state index is -0.660. The summed E-state index contributed by atoms with van der Waals surface area (Å²) in [5, 5.41) is 10.5. The first-order valence-corrected chi connectivity index (χ1v) is 9.23. The lowest BCUT2D eigenvalue weighted by Crippen LogP contribution is -2.31. The highest BCUT2D eigenvalue weighted by Crippen LogP contribution is 2.39. The molecule has 1 aliphatic heterocycles. The quantitative estimate of drug-likeness (QED) is 0.794. The van der Waals surface area contributed by atoms with E-state index in [1.165, 1.54) is 4.90 Å². The molecule has 0 radical (unpaired) electrons. The summed E-state index contributed by atoms with van der Waals surface area (Å²) < 4.78 is 5.20. The first-order chi connectivity index (χ1) is 13.4. The number of amides is 1. The lowest BCUT2D eigenvalue weighted by Gasteiger charge is -2.27. The Kier molecular flexibility index (Phi) is 5.78. The SMILES string of the molecule is COc1ccc(C2C(C(=O)CC(C)C)=C(O)C(=O)N2Cc2ccccn2)cc1. The number of ketones is 1. The molecule has 0 bridgehead atoms. The van der Waals surface area contributed by atoms with E-state index in [1.807, 2.05) is 38.1 Å². The van der Waals surface area contributed by atoms with Gasteiger partial charge in [0.05, 0.1) is 31.0 Å². The highest BCUT2D eigenvalue weighted by Gasteiger charge is 2.43. The third-order valence-electron chi connectivity index (χ3n) is 4.69. The van der Waals surface area contributed by atoms with Gasteiger partial charge in [-0.05, 0) is 35.7 Å². The Morgan fingerprint density at radius 1 is 1.21 bits per heavy atom. The van der Waals surface area contributed by atoms with Crippen molar-refractivity contribution in [3.8, 4) is 5.75 Å². The monoisotopic (exact) mass is 380 g/mol. The average molecular weight is 380 g/mol. The van der Waals surface area contributed by atoms with Crippen LogP contribution in [0.2, 0.25) is 0 Å². The van der Waals surface area contributed by atoms with E-state index in [9.17, 15) is 14.7 Å². The van der Waals surface area contributed by atoms with Crippen molar-refractivity contribution in [2.75, 3.05) is 7.11 Å². The molecule has 0 fully saturated rings. The highest BCUT2D eigenvalue weighted by atomic mass is 16.5. The number of hydrogen-bond acceptors (Lipinski definition) is 5. The fraction of sp³-hybridized carbons (Fsp3) is 0.318. The number of nitrogens with zero attached hydrogens (tertiary/aromatic N) is 2. The number of aliphatic hydroxyl groups excluding tert-OH is 1. The topological polar surface area (TPSA) is 79.7 Å². The number of methoxy groups -OCH3 is 1. The molecule has 3 rings (SSSR count). The molecular formula is C22H24N2O4. The van der Waals surface area contributed by atoms with Gasteiger partial charge in [-0.15, -0.1) is 0 Å². The van der Waals surface area contributed by atoms with Gasteiger partial charge in [-0.1, -0.05) is 32.0 Å². The van der Waals surface area contributed by atoms with Crippen LogP contribution in [0.25, 0.3) is 0 Å². The van der Waals surface area contributed by atoms with Crippen LogP contribution in [0.3, 0.4) is 0 Å². The molecule has 1 N–H and O–H groups in total. The molecule has 1 aromatic carbocycles. The third-order valence-corrected chi connectivity index (χ3v) is 4.69. The van der Waals surface area contributed by atoms with E-state index < -0.39 is 17.7 Å². The van der Waals surface area contributed by atoms with Crippen LogP contribution in [0, 0.1) is 5.92 Å². The van der Waals surface area contributed by atoms with Crippen LogP contribution >= 0.6 is 0 Å². The van der Waals surface area contributed by atoms with Crippen molar-refractivity contribution in [3.05, 3.63) is 71.3 Å². The van der Waals surface area contributed by atoms with E-state index in [2.05, 4.69) is 4.98 Å². The van der Waals surface area contributed by atoms with Crippen molar-refractivity contribution in [1.82, 2.24) is 9.88 Å². The van der Waals surface area contributed by atoms with Gasteiger partial charge in [0.2, 0.25) is 0 Å². The number of benzene rings is 1. The summed E-state index contributed by atoms with van der Waals surface area (Å²) in [6.07, 6.45) is 1.91. The van der Waals surface area contributed by atoms with Gasteiger partial charge in [0.25, 0.3) is 5.91 Å². The highest BCUT2D eigenvalue weighted by molar-refractivity contribution is 6.09. The van der Waals surface area contributed by atoms with Crippen LogP contribution in [0.5, 0.6) is 5.75 Å². The number of carbonyl (C=O) groups is 2. The van der Waals surface area contributed by atoms with Gasteiger partial charge >= 0.3 is 0 Å². The predicted molar refractivity (Wildman–Crippen MR) is 105 cm³/mol. The number of hydrogen-bond donors (Lipinski definition) is 1. The Bertz CT molecular complexity index is 889. The molecule has 1 amide bonds. The van der Waals surface area contributed by atoms with Gasteiger partial charge in [-0.3, -0.25) is 14.6 Å². The van der Waals surface area contributed by atoms with Crippen molar-refractivity contribution in [3.63, 3.8) is 0 Å². The van der Waals surface area contributed by atoms with Gasteiger partial charge in [-0.2, -0.15) is 0 Å². The van der Waals surface area contributed by atoms with Crippen molar-refractivity contribution in [2.45, 2.75) is 32.9 Å².